The minimum Gasteiger partial charge on any atom is -0.484 e. The third kappa shape index (κ3) is 6.17. The number of carbonyl (C=O) groups excluding carboxylic acids is 2. The van der Waals surface area contributed by atoms with Crippen LogP contribution in [0, 0.1) is 17.1 Å². The summed E-state index contributed by atoms with van der Waals surface area (Å²) in [5.41, 5.74) is 1.20. The highest BCUT2D eigenvalue weighted by Gasteiger charge is 2.19. The first kappa shape index (κ1) is 21.1. The van der Waals surface area contributed by atoms with Crippen LogP contribution >= 0.6 is 0 Å². The van der Waals surface area contributed by atoms with E-state index in [0.717, 1.165) is 25.7 Å². The molecule has 30 heavy (non-hydrogen) atoms. The number of ether oxygens (including phenoxy) is 1. The molecule has 0 radical (unpaired) electrons. The van der Waals surface area contributed by atoms with Gasteiger partial charge in [-0.1, -0.05) is 25.0 Å². The molecule has 0 spiro atoms. The number of benzene rings is 2. The van der Waals surface area contributed by atoms with E-state index in [9.17, 15) is 19.2 Å². The van der Waals surface area contributed by atoms with Gasteiger partial charge in [-0.15, -0.1) is 0 Å². The number of hydrogen-bond acceptors (Lipinski definition) is 4. The molecule has 0 saturated heterocycles. The Hall–Kier alpha value is -3.66. The number of nitrogens with zero attached hydrogens (tertiary/aromatic N) is 1. The third-order valence-electron chi connectivity index (χ3n) is 4.74. The Bertz CT molecular complexity index is 957. The number of rotatable bonds is 7. The largest absolute Gasteiger partial charge is 0.484 e. The lowest BCUT2D eigenvalue weighted by atomic mass is 10.1. The zero-order chi connectivity index (χ0) is 21.3. The summed E-state index contributed by atoms with van der Waals surface area (Å²) in [7, 11) is 0. The molecule has 154 valence electrons. The van der Waals surface area contributed by atoms with Crippen molar-refractivity contribution in [2.75, 3.05) is 11.9 Å². The van der Waals surface area contributed by atoms with Gasteiger partial charge in [0.2, 0.25) is 0 Å². The minimum atomic E-state index is -0.381. The van der Waals surface area contributed by atoms with Crippen molar-refractivity contribution >= 4 is 23.6 Å². The standard InChI is InChI=1S/C23H22FN3O3/c24-18-7-9-20(10-8-18)26-22(28)15-30-21-11-5-16(6-12-21)13-17(14-25)23(29)27-19-3-1-2-4-19/h5-13,19H,1-4,15H2,(H,26,28)(H,27,29)/b17-13-. The van der Waals surface area contributed by atoms with E-state index in [1.54, 1.807) is 24.3 Å². The molecule has 2 amide bonds. The zero-order valence-corrected chi connectivity index (χ0v) is 16.4. The molecular formula is C23H22FN3O3. The van der Waals surface area contributed by atoms with Crippen LogP contribution in [0.15, 0.2) is 54.1 Å². The van der Waals surface area contributed by atoms with E-state index in [-0.39, 0.29) is 35.9 Å². The van der Waals surface area contributed by atoms with Crippen molar-refractivity contribution in [3.63, 3.8) is 0 Å². The molecule has 7 heteroatoms. The lowest BCUT2D eigenvalue weighted by Crippen LogP contribution is -2.33. The molecule has 1 fully saturated rings. The Morgan fingerprint density at radius 2 is 1.77 bits per heavy atom. The lowest BCUT2D eigenvalue weighted by molar-refractivity contribution is -0.118. The summed E-state index contributed by atoms with van der Waals surface area (Å²) in [4.78, 5) is 24.2. The Morgan fingerprint density at radius 3 is 2.40 bits per heavy atom. The van der Waals surface area contributed by atoms with Gasteiger partial charge in [0.05, 0.1) is 0 Å². The predicted octanol–water partition coefficient (Wildman–Crippen LogP) is 3.81. The fourth-order valence-electron chi connectivity index (χ4n) is 3.19. The van der Waals surface area contributed by atoms with Crippen LogP contribution in [0.5, 0.6) is 5.75 Å². The van der Waals surface area contributed by atoms with E-state index in [0.29, 0.717) is 17.0 Å². The average molecular weight is 407 g/mol. The second-order valence-electron chi connectivity index (χ2n) is 7.04. The molecule has 1 saturated carbocycles. The molecule has 0 bridgehead atoms. The van der Waals surface area contributed by atoms with Crippen molar-refractivity contribution in [3.05, 3.63) is 65.5 Å². The summed E-state index contributed by atoms with van der Waals surface area (Å²) in [6.45, 7) is -0.209. The van der Waals surface area contributed by atoms with E-state index in [1.165, 1.54) is 30.3 Å². The molecule has 2 N–H and O–H groups in total. The van der Waals surface area contributed by atoms with Crippen LogP contribution in [0.1, 0.15) is 31.2 Å². The number of halogens is 1. The molecule has 6 nitrogen and oxygen atoms in total. The van der Waals surface area contributed by atoms with E-state index >= 15 is 0 Å². The van der Waals surface area contributed by atoms with Crippen LogP contribution in [-0.2, 0) is 9.59 Å². The van der Waals surface area contributed by atoms with Gasteiger partial charge in [-0.25, -0.2) is 4.39 Å². The number of amides is 2. The Kier molecular flexibility index (Phi) is 7.17. The topological polar surface area (TPSA) is 91.2 Å². The first-order valence-corrected chi connectivity index (χ1v) is 9.74. The maximum atomic E-state index is 12.9. The average Bonchev–Trinajstić information content (AvgIpc) is 3.26. The molecule has 0 aliphatic heterocycles. The van der Waals surface area contributed by atoms with Crippen molar-refractivity contribution in [1.82, 2.24) is 5.32 Å². The number of carbonyl (C=O) groups is 2. The van der Waals surface area contributed by atoms with Gasteiger partial charge in [0.1, 0.15) is 23.2 Å². The number of hydrogen-bond donors (Lipinski definition) is 2. The molecule has 0 heterocycles. The monoisotopic (exact) mass is 407 g/mol. The Labute approximate surface area is 174 Å². The highest BCUT2D eigenvalue weighted by molar-refractivity contribution is 6.01. The molecule has 3 rings (SSSR count). The van der Waals surface area contributed by atoms with E-state index in [1.807, 2.05) is 6.07 Å². The summed E-state index contributed by atoms with van der Waals surface area (Å²) in [6.07, 6.45) is 5.62. The first-order chi connectivity index (χ1) is 14.5. The summed E-state index contributed by atoms with van der Waals surface area (Å²) in [6, 6.07) is 14.2. The van der Waals surface area contributed by atoms with Gasteiger partial charge in [0.15, 0.2) is 6.61 Å². The van der Waals surface area contributed by atoms with Crippen LogP contribution in [0.25, 0.3) is 6.08 Å². The first-order valence-electron chi connectivity index (χ1n) is 9.74. The quantitative estimate of drug-likeness (QED) is 0.539. The van der Waals surface area contributed by atoms with Crippen LogP contribution in [0.3, 0.4) is 0 Å². The van der Waals surface area contributed by atoms with Crippen molar-refractivity contribution in [2.24, 2.45) is 0 Å². The second kappa shape index (κ2) is 10.2. The second-order valence-corrected chi connectivity index (χ2v) is 7.04. The molecule has 2 aromatic rings. The molecule has 1 aliphatic rings. The molecular weight excluding hydrogens is 385 g/mol. The van der Waals surface area contributed by atoms with Crippen molar-refractivity contribution in [1.29, 1.82) is 5.26 Å². The summed E-state index contributed by atoms with van der Waals surface area (Å²) in [5.74, 6) is -0.646. The van der Waals surface area contributed by atoms with Crippen molar-refractivity contribution < 1.29 is 18.7 Å². The molecule has 0 aromatic heterocycles. The maximum absolute atomic E-state index is 12.9. The van der Waals surface area contributed by atoms with Gasteiger partial charge in [-0.2, -0.15) is 5.26 Å². The number of anilines is 1. The van der Waals surface area contributed by atoms with Crippen LogP contribution in [-0.4, -0.2) is 24.5 Å². The van der Waals surface area contributed by atoms with Crippen LogP contribution in [0.2, 0.25) is 0 Å². The SMILES string of the molecule is N#C/C(=C/c1ccc(OCC(=O)Nc2ccc(F)cc2)cc1)C(=O)NC1CCCC1. The fraction of sp³-hybridized carbons (Fsp3) is 0.261. The smallest absolute Gasteiger partial charge is 0.262 e. The normalized spacial score (nSPS) is 14.1. The van der Waals surface area contributed by atoms with E-state index in [4.69, 9.17) is 4.74 Å². The van der Waals surface area contributed by atoms with E-state index < -0.39 is 0 Å². The molecule has 2 aromatic carbocycles. The predicted molar refractivity (Wildman–Crippen MR) is 111 cm³/mol. The lowest BCUT2D eigenvalue weighted by Gasteiger charge is -2.11. The number of nitrogens with one attached hydrogen (secondary N) is 2. The van der Waals surface area contributed by atoms with Crippen molar-refractivity contribution in [2.45, 2.75) is 31.7 Å². The van der Waals surface area contributed by atoms with Gasteiger partial charge >= 0.3 is 0 Å². The van der Waals surface area contributed by atoms with Crippen LogP contribution < -0.4 is 15.4 Å². The van der Waals surface area contributed by atoms with E-state index in [2.05, 4.69) is 10.6 Å². The third-order valence-corrected chi connectivity index (χ3v) is 4.74. The molecule has 1 aliphatic carbocycles. The summed E-state index contributed by atoms with van der Waals surface area (Å²) in [5, 5.41) is 14.8. The fourth-order valence-corrected chi connectivity index (χ4v) is 3.19. The van der Waals surface area contributed by atoms with Gasteiger partial charge in [-0.05, 0) is 60.9 Å². The van der Waals surface area contributed by atoms with Crippen molar-refractivity contribution in [3.8, 4) is 11.8 Å². The highest BCUT2D eigenvalue weighted by atomic mass is 19.1. The Morgan fingerprint density at radius 1 is 1.10 bits per heavy atom. The number of nitriles is 1. The van der Waals surface area contributed by atoms with Gasteiger partial charge in [0.25, 0.3) is 11.8 Å². The molecule has 0 unspecified atom stereocenters. The van der Waals surface area contributed by atoms with Gasteiger partial charge in [-0.3, -0.25) is 9.59 Å². The van der Waals surface area contributed by atoms with Crippen LogP contribution in [0.4, 0.5) is 10.1 Å². The van der Waals surface area contributed by atoms with Gasteiger partial charge in [0, 0.05) is 11.7 Å². The van der Waals surface area contributed by atoms with Gasteiger partial charge < -0.3 is 15.4 Å². The summed E-state index contributed by atoms with van der Waals surface area (Å²) < 4.78 is 18.3. The minimum absolute atomic E-state index is 0.0502. The Balaban J connectivity index is 1.52. The summed E-state index contributed by atoms with van der Waals surface area (Å²) >= 11 is 0. The maximum Gasteiger partial charge on any atom is 0.262 e. The zero-order valence-electron chi connectivity index (χ0n) is 16.4. The molecule has 0 atom stereocenters. The highest BCUT2D eigenvalue weighted by Crippen LogP contribution is 2.19.